The first-order chi connectivity index (χ1) is 8.08. The van der Waals surface area contributed by atoms with Crippen molar-refractivity contribution >= 4 is 23.4 Å². The number of carboxylic acids is 1. The summed E-state index contributed by atoms with van der Waals surface area (Å²) < 4.78 is 1.75. The van der Waals surface area contributed by atoms with Crippen LogP contribution in [-0.4, -0.2) is 25.8 Å². The van der Waals surface area contributed by atoms with Crippen LogP contribution in [0.1, 0.15) is 10.4 Å². The maximum atomic E-state index is 10.9. The molecule has 0 radical (unpaired) electrons. The number of aromatic nitrogens is 3. The van der Waals surface area contributed by atoms with Crippen LogP contribution in [0.15, 0.2) is 34.6 Å². The number of anilines is 1. The van der Waals surface area contributed by atoms with Gasteiger partial charge in [-0.05, 0) is 30.0 Å². The van der Waals surface area contributed by atoms with Crippen LogP contribution in [0.5, 0.6) is 0 Å². The summed E-state index contributed by atoms with van der Waals surface area (Å²) in [4.78, 5) is 11.7. The number of hydrogen-bond acceptors (Lipinski definition) is 5. The van der Waals surface area contributed by atoms with E-state index in [1.807, 2.05) is 7.05 Å². The lowest BCUT2D eigenvalue weighted by Crippen LogP contribution is -2.02. The Morgan fingerprint density at radius 3 is 2.88 bits per heavy atom. The van der Waals surface area contributed by atoms with E-state index >= 15 is 0 Å². The van der Waals surface area contributed by atoms with Gasteiger partial charge >= 0.3 is 5.97 Å². The summed E-state index contributed by atoms with van der Waals surface area (Å²) >= 11 is 1.33. The normalized spacial score (nSPS) is 10.4. The van der Waals surface area contributed by atoms with Gasteiger partial charge < -0.3 is 15.4 Å². The zero-order valence-corrected chi connectivity index (χ0v) is 9.81. The summed E-state index contributed by atoms with van der Waals surface area (Å²) in [5.74, 6) is -1.04. The highest BCUT2D eigenvalue weighted by molar-refractivity contribution is 7.99. The number of carboxylic acid groups (broad SMARTS) is 1. The third-order valence-electron chi connectivity index (χ3n) is 2.13. The van der Waals surface area contributed by atoms with Crippen molar-refractivity contribution < 1.29 is 9.90 Å². The molecule has 0 unspecified atom stereocenters. The van der Waals surface area contributed by atoms with Crippen molar-refractivity contribution in [3.63, 3.8) is 0 Å². The summed E-state index contributed by atoms with van der Waals surface area (Å²) in [6, 6.07) is 4.85. The van der Waals surface area contributed by atoms with Crippen LogP contribution in [0.25, 0.3) is 0 Å². The Bertz CT molecular complexity index is 567. The molecule has 2 rings (SSSR count). The van der Waals surface area contributed by atoms with Gasteiger partial charge in [-0.3, -0.25) is 0 Å². The molecular weight excluding hydrogens is 240 g/mol. The van der Waals surface area contributed by atoms with Gasteiger partial charge in [-0.25, -0.2) is 4.79 Å². The monoisotopic (exact) mass is 250 g/mol. The van der Waals surface area contributed by atoms with E-state index in [1.165, 1.54) is 17.8 Å². The van der Waals surface area contributed by atoms with E-state index in [0.29, 0.717) is 5.16 Å². The van der Waals surface area contributed by atoms with Gasteiger partial charge in [0.05, 0.1) is 5.56 Å². The third-order valence-corrected chi connectivity index (χ3v) is 3.18. The van der Waals surface area contributed by atoms with Crippen LogP contribution in [0.4, 0.5) is 5.69 Å². The fourth-order valence-electron chi connectivity index (χ4n) is 1.25. The van der Waals surface area contributed by atoms with Gasteiger partial charge in [0, 0.05) is 17.6 Å². The first-order valence-electron chi connectivity index (χ1n) is 4.72. The second-order valence-corrected chi connectivity index (χ2v) is 4.42. The van der Waals surface area contributed by atoms with Gasteiger partial charge in [-0.15, -0.1) is 10.2 Å². The number of nitrogens with zero attached hydrogens (tertiary/aromatic N) is 3. The molecule has 3 N–H and O–H groups in total. The van der Waals surface area contributed by atoms with Gasteiger partial charge in [0.1, 0.15) is 6.33 Å². The first-order valence-corrected chi connectivity index (χ1v) is 5.54. The van der Waals surface area contributed by atoms with E-state index in [1.54, 1.807) is 23.0 Å². The molecule has 6 nitrogen and oxygen atoms in total. The van der Waals surface area contributed by atoms with E-state index in [-0.39, 0.29) is 11.3 Å². The molecule has 1 aromatic carbocycles. The largest absolute Gasteiger partial charge is 0.478 e. The fraction of sp³-hybridized carbons (Fsp3) is 0.100. The van der Waals surface area contributed by atoms with Crippen LogP contribution < -0.4 is 5.73 Å². The Morgan fingerprint density at radius 1 is 1.53 bits per heavy atom. The van der Waals surface area contributed by atoms with Gasteiger partial charge in [0.2, 0.25) is 0 Å². The highest BCUT2D eigenvalue weighted by Crippen LogP contribution is 2.27. The average Bonchev–Trinajstić information content (AvgIpc) is 2.67. The predicted octanol–water partition coefficient (Wildman–Crippen LogP) is 1.25. The van der Waals surface area contributed by atoms with Crippen molar-refractivity contribution in [1.82, 2.24) is 14.8 Å². The quantitative estimate of drug-likeness (QED) is 0.796. The lowest BCUT2D eigenvalue weighted by molar-refractivity contribution is 0.0698. The highest BCUT2D eigenvalue weighted by Gasteiger charge is 2.10. The molecule has 0 amide bonds. The van der Waals surface area contributed by atoms with Crippen molar-refractivity contribution in [2.24, 2.45) is 7.05 Å². The number of hydrogen-bond donors (Lipinski definition) is 2. The van der Waals surface area contributed by atoms with E-state index in [2.05, 4.69) is 10.2 Å². The summed E-state index contributed by atoms with van der Waals surface area (Å²) in [5, 5.41) is 17.3. The fourth-order valence-corrected chi connectivity index (χ4v) is 2.06. The number of benzene rings is 1. The number of nitrogens with two attached hydrogens (primary N) is 1. The summed E-state index contributed by atoms with van der Waals surface area (Å²) in [6.07, 6.45) is 1.58. The molecule has 2 aromatic rings. The van der Waals surface area contributed by atoms with E-state index in [4.69, 9.17) is 10.8 Å². The Balaban J connectivity index is 2.32. The Hall–Kier alpha value is -2.02. The van der Waals surface area contributed by atoms with E-state index < -0.39 is 5.97 Å². The molecule has 0 bridgehead atoms. The number of aromatic carboxylic acids is 1. The number of rotatable bonds is 3. The summed E-state index contributed by atoms with van der Waals surface area (Å²) in [6.45, 7) is 0. The second-order valence-electron chi connectivity index (χ2n) is 3.38. The van der Waals surface area contributed by atoms with E-state index in [0.717, 1.165) is 4.90 Å². The molecule has 17 heavy (non-hydrogen) atoms. The van der Waals surface area contributed by atoms with Crippen molar-refractivity contribution in [2.45, 2.75) is 10.1 Å². The standard InChI is InChI=1S/C10H10N4O2S/c1-14-5-12-13-10(14)17-6-2-3-8(11)7(4-6)9(15)16/h2-5H,11H2,1H3,(H,15,16). The molecule has 0 saturated heterocycles. The van der Waals surface area contributed by atoms with Gasteiger partial charge in [0.25, 0.3) is 0 Å². The molecule has 0 aliphatic heterocycles. The molecule has 0 fully saturated rings. The molecule has 1 aromatic heterocycles. The van der Waals surface area contributed by atoms with Crippen LogP contribution >= 0.6 is 11.8 Å². The predicted molar refractivity (Wildman–Crippen MR) is 62.9 cm³/mol. The minimum Gasteiger partial charge on any atom is -0.478 e. The number of aryl methyl sites for hydroxylation is 1. The maximum absolute atomic E-state index is 10.9. The van der Waals surface area contributed by atoms with Gasteiger partial charge in [-0.2, -0.15) is 0 Å². The summed E-state index contributed by atoms with van der Waals surface area (Å²) in [7, 11) is 1.82. The smallest absolute Gasteiger partial charge is 0.337 e. The highest BCUT2D eigenvalue weighted by atomic mass is 32.2. The second kappa shape index (κ2) is 4.46. The molecule has 7 heteroatoms. The number of nitrogen functional groups attached to an aromatic ring is 1. The average molecular weight is 250 g/mol. The third kappa shape index (κ3) is 2.39. The molecule has 0 aliphatic rings. The Morgan fingerprint density at radius 2 is 2.29 bits per heavy atom. The van der Waals surface area contributed by atoms with E-state index in [9.17, 15) is 4.79 Å². The minimum atomic E-state index is -1.04. The molecule has 0 aliphatic carbocycles. The van der Waals surface area contributed by atoms with Crippen LogP contribution in [-0.2, 0) is 7.05 Å². The number of carbonyl (C=O) groups is 1. The molecule has 88 valence electrons. The minimum absolute atomic E-state index is 0.0946. The lowest BCUT2D eigenvalue weighted by Gasteiger charge is -2.04. The molecular formula is C10H10N4O2S. The maximum Gasteiger partial charge on any atom is 0.337 e. The molecule has 0 spiro atoms. The lowest BCUT2D eigenvalue weighted by atomic mass is 10.2. The van der Waals surface area contributed by atoms with Crippen LogP contribution in [0, 0.1) is 0 Å². The van der Waals surface area contributed by atoms with Crippen molar-refractivity contribution in [3.8, 4) is 0 Å². The SMILES string of the molecule is Cn1cnnc1Sc1ccc(N)c(C(=O)O)c1. The first kappa shape index (κ1) is 11.5. The molecule has 0 saturated carbocycles. The molecule has 1 heterocycles. The van der Waals surface area contributed by atoms with Crippen molar-refractivity contribution in [3.05, 3.63) is 30.1 Å². The summed E-state index contributed by atoms with van der Waals surface area (Å²) in [5.41, 5.74) is 5.91. The van der Waals surface area contributed by atoms with Crippen LogP contribution in [0.3, 0.4) is 0 Å². The van der Waals surface area contributed by atoms with Crippen LogP contribution in [0.2, 0.25) is 0 Å². The Kier molecular flexibility index (Phi) is 3.01. The van der Waals surface area contributed by atoms with Gasteiger partial charge in [0.15, 0.2) is 5.16 Å². The van der Waals surface area contributed by atoms with Gasteiger partial charge in [-0.1, -0.05) is 0 Å². The zero-order valence-electron chi connectivity index (χ0n) is 8.99. The topological polar surface area (TPSA) is 94.0 Å². The van der Waals surface area contributed by atoms with Crippen molar-refractivity contribution in [2.75, 3.05) is 5.73 Å². The zero-order chi connectivity index (χ0) is 12.4. The molecule has 0 atom stereocenters. The Labute approximate surface area is 101 Å². The van der Waals surface area contributed by atoms with Crippen molar-refractivity contribution in [1.29, 1.82) is 0 Å².